The number of hydrogen-bond donors (Lipinski definition) is 1. The SMILES string of the molecule is COc1ccc(/C=C(\C(=O)O)c2cccs2)c(OCCCN(C)C)c1. The van der Waals surface area contributed by atoms with Crippen LogP contribution >= 0.6 is 11.3 Å². The van der Waals surface area contributed by atoms with E-state index in [9.17, 15) is 9.90 Å². The Balaban J connectivity index is 2.28. The molecule has 2 aromatic rings. The van der Waals surface area contributed by atoms with E-state index in [4.69, 9.17) is 9.47 Å². The van der Waals surface area contributed by atoms with Crippen molar-refractivity contribution in [2.75, 3.05) is 34.4 Å². The Morgan fingerprint density at radius 2 is 2.12 bits per heavy atom. The van der Waals surface area contributed by atoms with E-state index in [1.165, 1.54) is 11.3 Å². The zero-order valence-electron chi connectivity index (χ0n) is 14.7. The number of methoxy groups -OCH3 is 1. The number of carbonyl (C=O) groups is 1. The van der Waals surface area contributed by atoms with Crippen LogP contribution in [-0.4, -0.2) is 50.3 Å². The molecule has 0 saturated carbocycles. The number of benzene rings is 1. The number of ether oxygens (including phenoxy) is 2. The van der Waals surface area contributed by atoms with Crippen molar-refractivity contribution in [3.8, 4) is 11.5 Å². The van der Waals surface area contributed by atoms with Gasteiger partial charge in [-0.1, -0.05) is 6.07 Å². The third-order valence-corrected chi connectivity index (χ3v) is 4.45. The van der Waals surface area contributed by atoms with Crippen molar-refractivity contribution in [2.24, 2.45) is 0 Å². The average molecular weight is 361 g/mol. The lowest BCUT2D eigenvalue weighted by Crippen LogP contribution is -2.15. The van der Waals surface area contributed by atoms with Crippen LogP contribution in [0.25, 0.3) is 11.6 Å². The maximum atomic E-state index is 11.6. The molecule has 0 spiro atoms. The van der Waals surface area contributed by atoms with Gasteiger partial charge in [0.2, 0.25) is 0 Å². The average Bonchev–Trinajstić information content (AvgIpc) is 3.10. The molecule has 0 amide bonds. The molecule has 0 bridgehead atoms. The lowest BCUT2D eigenvalue weighted by atomic mass is 10.1. The predicted octanol–water partition coefficient (Wildman–Crippen LogP) is 3.71. The van der Waals surface area contributed by atoms with Crippen LogP contribution in [0.3, 0.4) is 0 Å². The van der Waals surface area contributed by atoms with Crippen LogP contribution in [0.5, 0.6) is 11.5 Å². The molecule has 0 aliphatic heterocycles. The largest absolute Gasteiger partial charge is 0.497 e. The summed E-state index contributed by atoms with van der Waals surface area (Å²) in [5.74, 6) is 0.331. The Hall–Kier alpha value is -2.31. The maximum absolute atomic E-state index is 11.6. The monoisotopic (exact) mass is 361 g/mol. The third kappa shape index (κ3) is 5.62. The van der Waals surface area contributed by atoms with Gasteiger partial charge in [0.1, 0.15) is 11.5 Å². The Bertz CT molecular complexity index is 723. The minimum atomic E-state index is -0.961. The lowest BCUT2D eigenvalue weighted by Gasteiger charge is -2.13. The van der Waals surface area contributed by atoms with E-state index in [1.807, 2.05) is 31.6 Å². The molecule has 134 valence electrons. The molecule has 2 rings (SSSR count). The molecule has 5 nitrogen and oxygen atoms in total. The molecular weight excluding hydrogens is 338 g/mol. The summed E-state index contributed by atoms with van der Waals surface area (Å²) in [6, 6.07) is 9.04. The summed E-state index contributed by atoms with van der Waals surface area (Å²) in [4.78, 5) is 14.4. The van der Waals surface area contributed by atoms with Gasteiger partial charge in [-0.2, -0.15) is 0 Å². The number of rotatable bonds is 9. The van der Waals surface area contributed by atoms with Gasteiger partial charge in [0.25, 0.3) is 0 Å². The van der Waals surface area contributed by atoms with Gasteiger partial charge in [-0.25, -0.2) is 4.79 Å². The minimum absolute atomic E-state index is 0.248. The standard InChI is InChI=1S/C19H23NO4S/c1-20(2)9-5-10-24-17-13-15(23-3)8-7-14(17)12-16(19(21)22)18-6-4-11-25-18/h4,6-8,11-13H,5,9-10H2,1-3H3,(H,21,22)/b16-12-. The molecule has 25 heavy (non-hydrogen) atoms. The van der Waals surface area contributed by atoms with Gasteiger partial charge in [0, 0.05) is 23.1 Å². The summed E-state index contributed by atoms with van der Waals surface area (Å²) in [5, 5.41) is 11.4. The Kier molecular flexibility index (Phi) is 7.03. The first-order chi connectivity index (χ1) is 12.0. The van der Waals surface area contributed by atoms with Crippen LogP contribution < -0.4 is 9.47 Å². The van der Waals surface area contributed by atoms with Crippen LogP contribution in [0.4, 0.5) is 0 Å². The normalized spacial score (nSPS) is 11.6. The Morgan fingerprint density at radius 1 is 1.32 bits per heavy atom. The van der Waals surface area contributed by atoms with Crippen molar-refractivity contribution in [3.63, 3.8) is 0 Å². The van der Waals surface area contributed by atoms with Gasteiger partial charge < -0.3 is 19.5 Å². The second kappa shape index (κ2) is 9.25. The number of nitrogens with zero attached hydrogens (tertiary/aromatic N) is 1. The first kappa shape index (κ1) is 19.0. The fourth-order valence-electron chi connectivity index (χ4n) is 2.27. The van der Waals surface area contributed by atoms with E-state index in [1.54, 1.807) is 31.4 Å². The van der Waals surface area contributed by atoms with E-state index in [-0.39, 0.29) is 5.57 Å². The molecule has 0 atom stereocenters. The van der Waals surface area contributed by atoms with Crippen molar-refractivity contribution in [1.82, 2.24) is 4.90 Å². The number of thiophene rings is 1. The first-order valence-electron chi connectivity index (χ1n) is 7.95. The Morgan fingerprint density at radius 3 is 2.72 bits per heavy atom. The second-order valence-corrected chi connectivity index (χ2v) is 6.70. The smallest absolute Gasteiger partial charge is 0.337 e. The quantitative estimate of drug-likeness (QED) is 0.545. The predicted molar refractivity (Wildman–Crippen MR) is 101 cm³/mol. The van der Waals surface area contributed by atoms with Crippen molar-refractivity contribution in [3.05, 3.63) is 46.2 Å². The first-order valence-corrected chi connectivity index (χ1v) is 8.83. The summed E-state index contributed by atoms with van der Waals surface area (Å²) in [5.41, 5.74) is 0.967. The molecule has 0 fully saturated rings. The lowest BCUT2D eigenvalue weighted by molar-refractivity contribution is -0.130. The van der Waals surface area contributed by atoms with E-state index in [0.717, 1.165) is 18.5 Å². The molecule has 6 heteroatoms. The summed E-state index contributed by atoms with van der Waals surface area (Å²) < 4.78 is 11.1. The van der Waals surface area contributed by atoms with Crippen LogP contribution in [0.2, 0.25) is 0 Å². The summed E-state index contributed by atoms with van der Waals surface area (Å²) in [7, 11) is 5.62. The fourth-order valence-corrected chi connectivity index (χ4v) is 3.01. The van der Waals surface area contributed by atoms with Crippen molar-refractivity contribution < 1.29 is 19.4 Å². The molecule has 0 saturated heterocycles. The van der Waals surface area contributed by atoms with Gasteiger partial charge in [0.05, 0.1) is 19.3 Å². The number of carboxylic acids is 1. The number of hydrogen-bond acceptors (Lipinski definition) is 5. The van der Waals surface area contributed by atoms with Crippen molar-refractivity contribution in [2.45, 2.75) is 6.42 Å². The van der Waals surface area contributed by atoms with E-state index in [2.05, 4.69) is 4.90 Å². The van der Waals surface area contributed by atoms with Gasteiger partial charge >= 0.3 is 5.97 Å². The highest BCUT2D eigenvalue weighted by Crippen LogP contribution is 2.30. The molecule has 0 unspecified atom stereocenters. The zero-order chi connectivity index (χ0) is 18.2. The van der Waals surface area contributed by atoms with Gasteiger partial charge in [-0.15, -0.1) is 11.3 Å². The molecule has 0 aliphatic rings. The molecular formula is C19H23NO4S. The van der Waals surface area contributed by atoms with E-state index < -0.39 is 5.97 Å². The van der Waals surface area contributed by atoms with E-state index in [0.29, 0.717) is 23.0 Å². The second-order valence-electron chi connectivity index (χ2n) is 5.75. The molecule has 1 N–H and O–H groups in total. The third-order valence-electron chi connectivity index (χ3n) is 3.54. The highest BCUT2D eigenvalue weighted by molar-refractivity contribution is 7.11. The fraction of sp³-hybridized carbons (Fsp3) is 0.316. The van der Waals surface area contributed by atoms with Crippen molar-refractivity contribution >= 4 is 29.0 Å². The van der Waals surface area contributed by atoms with Crippen LogP contribution in [-0.2, 0) is 4.79 Å². The highest BCUT2D eigenvalue weighted by atomic mass is 32.1. The molecule has 1 aromatic carbocycles. The van der Waals surface area contributed by atoms with Crippen LogP contribution in [0.1, 0.15) is 16.9 Å². The van der Waals surface area contributed by atoms with E-state index >= 15 is 0 Å². The molecule has 0 radical (unpaired) electrons. The van der Waals surface area contributed by atoms with Crippen molar-refractivity contribution in [1.29, 1.82) is 0 Å². The zero-order valence-corrected chi connectivity index (χ0v) is 15.5. The van der Waals surface area contributed by atoms with Gasteiger partial charge in [-0.3, -0.25) is 0 Å². The summed E-state index contributed by atoms with van der Waals surface area (Å²) in [6.45, 7) is 1.47. The summed E-state index contributed by atoms with van der Waals surface area (Å²) in [6.07, 6.45) is 2.53. The minimum Gasteiger partial charge on any atom is -0.497 e. The summed E-state index contributed by atoms with van der Waals surface area (Å²) >= 11 is 1.40. The Labute approximate surface area is 152 Å². The molecule has 1 heterocycles. The maximum Gasteiger partial charge on any atom is 0.337 e. The number of carboxylic acid groups (broad SMARTS) is 1. The topological polar surface area (TPSA) is 59.0 Å². The number of aliphatic carboxylic acids is 1. The van der Waals surface area contributed by atoms with Gasteiger partial charge in [0.15, 0.2) is 0 Å². The van der Waals surface area contributed by atoms with Gasteiger partial charge in [-0.05, 0) is 50.2 Å². The highest BCUT2D eigenvalue weighted by Gasteiger charge is 2.14. The molecule has 0 aliphatic carbocycles. The molecule has 1 aromatic heterocycles. The van der Waals surface area contributed by atoms with Crippen LogP contribution in [0.15, 0.2) is 35.7 Å². The van der Waals surface area contributed by atoms with Crippen LogP contribution in [0, 0.1) is 0 Å².